The molecule has 1 N–H and O–H groups in total. The number of rotatable bonds is 5. The van der Waals surface area contributed by atoms with E-state index in [9.17, 15) is 5.11 Å². The summed E-state index contributed by atoms with van der Waals surface area (Å²) in [5.74, 6) is 1.41. The third-order valence-corrected chi connectivity index (χ3v) is 3.70. The van der Waals surface area contributed by atoms with Crippen molar-refractivity contribution in [2.24, 2.45) is 5.92 Å². The number of aromatic hydroxyl groups is 1. The van der Waals surface area contributed by atoms with Crippen molar-refractivity contribution in [2.75, 3.05) is 33.9 Å². The number of benzene rings is 1. The van der Waals surface area contributed by atoms with Gasteiger partial charge in [0.05, 0.1) is 13.7 Å². The molecule has 0 amide bonds. The molecule has 1 aromatic rings. The summed E-state index contributed by atoms with van der Waals surface area (Å²) in [6.07, 6.45) is 2.42. The van der Waals surface area contributed by atoms with Crippen molar-refractivity contribution in [1.82, 2.24) is 4.90 Å². The fraction of sp³-hybridized carbons (Fsp3) is 0.600. The molecule has 1 saturated heterocycles. The number of para-hydroxylation sites is 1. The molecule has 1 atom stereocenters. The summed E-state index contributed by atoms with van der Waals surface area (Å²) in [6.45, 7) is 3.70. The van der Waals surface area contributed by atoms with E-state index in [1.165, 1.54) is 12.8 Å². The van der Waals surface area contributed by atoms with Gasteiger partial charge in [-0.25, -0.2) is 0 Å². The van der Waals surface area contributed by atoms with E-state index < -0.39 is 0 Å². The number of likely N-dealkylation sites (tertiary alicyclic amines) is 1. The third-order valence-electron chi connectivity index (χ3n) is 3.70. The van der Waals surface area contributed by atoms with E-state index >= 15 is 0 Å². The van der Waals surface area contributed by atoms with Gasteiger partial charge >= 0.3 is 0 Å². The molecule has 1 aliphatic rings. The Bertz CT molecular complexity index is 406. The number of piperidine rings is 1. The van der Waals surface area contributed by atoms with Gasteiger partial charge in [0, 0.05) is 25.8 Å². The van der Waals surface area contributed by atoms with Crippen molar-refractivity contribution < 1.29 is 14.6 Å². The summed E-state index contributed by atoms with van der Waals surface area (Å²) in [4.78, 5) is 2.38. The first-order chi connectivity index (χ1) is 9.24. The number of hydrogen-bond donors (Lipinski definition) is 1. The molecule has 1 heterocycles. The highest BCUT2D eigenvalue weighted by atomic mass is 16.5. The number of phenols is 1. The second-order valence-corrected chi connectivity index (χ2v) is 5.17. The van der Waals surface area contributed by atoms with E-state index in [4.69, 9.17) is 9.47 Å². The number of phenolic OH excluding ortho intramolecular Hbond substituents is 1. The van der Waals surface area contributed by atoms with Crippen LogP contribution in [0.5, 0.6) is 11.5 Å². The molecular formula is C15H23NO3. The minimum Gasteiger partial charge on any atom is -0.504 e. The maximum absolute atomic E-state index is 10.1. The molecular weight excluding hydrogens is 242 g/mol. The molecule has 1 aromatic carbocycles. The number of ether oxygens (including phenoxy) is 2. The van der Waals surface area contributed by atoms with Crippen molar-refractivity contribution in [3.8, 4) is 11.5 Å². The molecule has 0 bridgehead atoms. The molecule has 0 radical (unpaired) electrons. The van der Waals surface area contributed by atoms with Gasteiger partial charge in [0.15, 0.2) is 11.5 Å². The van der Waals surface area contributed by atoms with Gasteiger partial charge in [-0.2, -0.15) is 0 Å². The molecule has 1 aliphatic heterocycles. The zero-order chi connectivity index (χ0) is 13.7. The Balaban J connectivity index is 2.00. The molecule has 0 saturated carbocycles. The normalized spacial score (nSPS) is 20.4. The van der Waals surface area contributed by atoms with Crippen molar-refractivity contribution in [3.05, 3.63) is 23.8 Å². The molecule has 19 heavy (non-hydrogen) atoms. The lowest BCUT2D eigenvalue weighted by molar-refractivity contribution is 0.0869. The SMILES string of the molecule is COCC1CCCN(Cc2cccc(OC)c2O)C1. The van der Waals surface area contributed by atoms with E-state index in [1.54, 1.807) is 20.3 Å². The van der Waals surface area contributed by atoms with Crippen LogP contribution in [0.3, 0.4) is 0 Å². The summed E-state index contributed by atoms with van der Waals surface area (Å²) in [5, 5.41) is 10.1. The van der Waals surface area contributed by atoms with Crippen LogP contribution in [-0.2, 0) is 11.3 Å². The predicted molar refractivity (Wildman–Crippen MR) is 74.5 cm³/mol. The fourth-order valence-electron chi connectivity index (χ4n) is 2.77. The zero-order valence-corrected chi connectivity index (χ0v) is 11.8. The maximum atomic E-state index is 10.1. The first kappa shape index (κ1) is 14.2. The van der Waals surface area contributed by atoms with Gasteiger partial charge in [-0.3, -0.25) is 4.90 Å². The lowest BCUT2D eigenvalue weighted by Gasteiger charge is -2.32. The van der Waals surface area contributed by atoms with Crippen LogP contribution in [0.1, 0.15) is 18.4 Å². The largest absolute Gasteiger partial charge is 0.504 e. The topological polar surface area (TPSA) is 41.9 Å². The van der Waals surface area contributed by atoms with Gasteiger partial charge in [-0.1, -0.05) is 12.1 Å². The smallest absolute Gasteiger partial charge is 0.162 e. The Morgan fingerprint density at radius 2 is 2.21 bits per heavy atom. The Hall–Kier alpha value is -1.26. The molecule has 0 spiro atoms. The molecule has 0 aromatic heterocycles. The summed E-state index contributed by atoms with van der Waals surface area (Å²) in [7, 11) is 3.33. The van der Waals surface area contributed by atoms with Crippen LogP contribution in [0.4, 0.5) is 0 Å². The van der Waals surface area contributed by atoms with Crippen LogP contribution in [0.2, 0.25) is 0 Å². The summed E-state index contributed by atoms with van der Waals surface area (Å²) in [6, 6.07) is 5.66. The zero-order valence-electron chi connectivity index (χ0n) is 11.8. The van der Waals surface area contributed by atoms with E-state index in [0.717, 1.165) is 31.8 Å². The second-order valence-electron chi connectivity index (χ2n) is 5.17. The fourth-order valence-corrected chi connectivity index (χ4v) is 2.77. The van der Waals surface area contributed by atoms with E-state index in [-0.39, 0.29) is 5.75 Å². The van der Waals surface area contributed by atoms with E-state index in [0.29, 0.717) is 11.7 Å². The van der Waals surface area contributed by atoms with Crippen LogP contribution in [-0.4, -0.2) is 43.9 Å². The first-order valence-corrected chi connectivity index (χ1v) is 6.80. The van der Waals surface area contributed by atoms with Gasteiger partial charge in [-0.05, 0) is 31.4 Å². The Morgan fingerprint density at radius 3 is 2.95 bits per heavy atom. The monoisotopic (exact) mass is 265 g/mol. The highest BCUT2D eigenvalue weighted by molar-refractivity contribution is 5.45. The average molecular weight is 265 g/mol. The lowest BCUT2D eigenvalue weighted by atomic mass is 9.98. The third kappa shape index (κ3) is 3.61. The van der Waals surface area contributed by atoms with Gasteiger partial charge in [0.2, 0.25) is 0 Å². The van der Waals surface area contributed by atoms with Crippen LogP contribution >= 0.6 is 0 Å². The summed E-state index contributed by atoms with van der Waals surface area (Å²) in [5.41, 5.74) is 0.928. The first-order valence-electron chi connectivity index (χ1n) is 6.80. The van der Waals surface area contributed by atoms with E-state index in [2.05, 4.69) is 4.90 Å². The predicted octanol–water partition coefficient (Wildman–Crippen LogP) is 2.26. The molecule has 1 unspecified atom stereocenters. The molecule has 4 heteroatoms. The standard InChI is InChI=1S/C15H23NO3/c1-18-11-12-5-4-8-16(9-12)10-13-6-3-7-14(19-2)15(13)17/h3,6-7,12,17H,4-5,8-11H2,1-2H3. The van der Waals surface area contributed by atoms with Crippen molar-refractivity contribution >= 4 is 0 Å². The molecule has 1 fully saturated rings. The van der Waals surface area contributed by atoms with Crippen molar-refractivity contribution in [2.45, 2.75) is 19.4 Å². The highest BCUT2D eigenvalue weighted by Gasteiger charge is 2.21. The van der Waals surface area contributed by atoms with Crippen LogP contribution < -0.4 is 4.74 Å². The Morgan fingerprint density at radius 1 is 1.37 bits per heavy atom. The van der Waals surface area contributed by atoms with Crippen LogP contribution in [0.25, 0.3) is 0 Å². The minimum atomic E-state index is 0.263. The summed E-state index contributed by atoms with van der Waals surface area (Å²) < 4.78 is 10.4. The number of hydrogen-bond acceptors (Lipinski definition) is 4. The van der Waals surface area contributed by atoms with Crippen molar-refractivity contribution in [3.63, 3.8) is 0 Å². The molecule has 4 nitrogen and oxygen atoms in total. The molecule has 0 aliphatic carbocycles. The highest BCUT2D eigenvalue weighted by Crippen LogP contribution is 2.31. The van der Waals surface area contributed by atoms with E-state index in [1.807, 2.05) is 12.1 Å². The van der Waals surface area contributed by atoms with Gasteiger partial charge in [0.1, 0.15) is 0 Å². The number of nitrogens with zero attached hydrogens (tertiary/aromatic N) is 1. The van der Waals surface area contributed by atoms with Gasteiger partial charge < -0.3 is 14.6 Å². The summed E-state index contributed by atoms with van der Waals surface area (Å²) >= 11 is 0. The minimum absolute atomic E-state index is 0.263. The molecule has 106 valence electrons. The van der Waals surface area contributed by atoms with Crippen molar-refractivity contribution in [1.29, 1.82) is 0 Å². The Kier molecular flexibility index (Phi) is 5.05. The van der Waals surface area contributed by atoms with Crippen LogP contribution in [0, 0.1) is 5.92 Å². The maximum Gasteiger partial charge on any atom is 0.162 e. The molecule has 2 rings (SSSR count). The number of methoxy groups -OCH3 is 2. The second kappa shape index (κ2) is 6.78. The van der Waals surface area contributed by atoms with Crippen LogP contribution in [0.15, 0.2) is 18.2 Å². The average Bonchev–Trinajstić information content (AvgIpc) is 2.42. The Labute approximate surface area is 114 Å². The van der Waals surface area contributed by atoms with Gasteiger partial charge in [0.25, 0.3) is 0 Å². The van der Waals surface area contributed by atoms with Gasteiger partial charge in [-0.15, -0.1) is 0 Å². The quantitative estimate of drug-likeness (QED) is 0.886. The lowest BCUT2D eigenvalue weighted by Crippen LogP contribution is -2.36.